The molecule has 2 unspecified atom stereocenters. The molecule has 0 amide bonds. The number of thiophene rings is 1. The van der Waals surface area contributed by atoms with E-state index in [-0.39, 0.29) is 12.2 Å². The highest BCUT2D eigenvalue weighted by molar-refractivity contribution is 7.10. The smallest absolute Gasteiger partial charge is 0.0972 e. The summed E-state index contributed by atoms with van der Waals surface area (Å²) >= 11 is 1.85. The first-order chi connectivity index (χ1) is 10.7. The van der Waals surface area contributed by atoms with Crippen LogP contribution < -0.4 is 0 Å². The van der Waals surface area contributed by atoms with Crippen molar-refractivity contribution in [2.75, 3.05) is 32.8 Å². The number of aliphatic hydroxyl groups excluding tert-OH is 1. The fourth-order valence-electron chi connectivity index (χ4n) is 3.53. The van der Waals surface area contributed by atoms with Gasteiger partial charge in [-0.05, 0) is 49.9 Å². The number of hydrogen-bond acceptors (Lipinski definition) is 5. The van der Waals surface area contributed by atoms with E-state index in [4.69, 9.17) is 4.74 Å². The highest BCUT2D eigenvalue weighted by Crippen LogP contribution is 2.23. The zero-order valence-electron chi connectivity index (χ0n) is 13.5. The molecule has 2 aliphatic heterocycles. The van der Waals surface area contributed by atoms with Gasteiger partial charge in [0, 0.05) is 37.7 Å². The van der Waals surface area contributed by atoms with Gasteiger partial charge in [-0.2, -0.15) is 0 Å². The standard InChI is InChI=1S/C17H28N2O2S/c1-2-21-17-12-19(11-16(17)20)10-15-8-14(13-22-15)9-18-6-4-3-5-7-18/h8,13,16-17,20H,2-7,9-12H2,1H3. The summed E-state index contributed by atoms with van der Waals surface area (Å²) in [5.74, 6) is 0. The van der Waals surface area contributed by atoms with Crippen molar-refractivity contribution in [3.05, 3.63) is 21.9 Å². The molecule has 0 aromatic carbocycles. The van der Waals surface area contributed by atoms with Gasteiger partial charge in [-0.15, -0.1) is 11.3 Å². The Labute approximate surface area is 137 Å². The fourth-order valence-corrected chi connectivity index (χ4v) is 4.45. The lowest BCUT2D eigenvalue weighted by Crippen LogP contribution is -2.28. The van der Waals surface area contributed by atoms with Crippen LogP contribution in [0.3, 0.4) is 0 Å². The SMILES string of the molecule is CCOC1CN(Cc2cc(CN3CCCCC3)cs2)CC1O. The van der Waals surface area contributed by atoms with E-state index in [1.54, 1.807) is 0 Å². The average molecular weight is 324 g/mol. The van der Waals surface area contributed by atoms with Gasteiger partial charge in [-0.3, -0.25) is 9.80 Å². The van der Waals surface area contributed by atoms with Gasteiger partial charge in [0.2, 0.25) is 0 Å². The Morgan fingerprint density at radius 1 is 1.18 bits per heavy atom. The summed E-state index contributed by atoms with van der Waals surface area (Å²) in [4.78, 5) is 6.28. The Balaban J connectivity index is 1.49. The third-order valence-electron chi connectivity index (χ3n) is 4.64. The van der Waals surface area contributed by atoms with Gasteiger partial charge in [0.1, 0.15) is 0 Å². The first-order valence-electron chi connectivity index (χ1n) is 8.55. The van der Waals surface area contributed by atoms with Crippen LogP contribution in [0.5, 0.6) is 0 Å². The van der Waals surface area contributed by atoms with Crippen molar-refractivity contribution >= 4 is 11.3 Å². The summed E-state index contributed by atoms with van der Waals surface area (Å²) in [5.41, 5.74) is 1.45. The molecule has 1 N–H and O–H groups in total. The summed E-state index contributed by atoms with van der Waals surface area (Å²) in [6.45, 7) is 8.76. The lowest BCUT2D eigenvalue weighted by molar-refractivity contribution is -0.00244. The maximum Gasteiger partial charge on any atom is 0.0972 e. The van der Waals surface area contributed by atoms with E-state index in [1.165, 1.54) is 42.8 Å². The average Bonchev–Trinajstić information content (AvgIpc) is 3.08. The molecule has 4 nitrogen and oxygen atoms in total. The summed E-state index contributed by atoms with van der Waals surface area (Å²) in [6.07, 6.45) is 3.73. The zero-order chi connectivity index (χ0) is 15.4. The van der Waals surface area contributed by atoms with E-state index in [0.717, 1.165) is 26.2 Å². The molecule has 0 saturated carbocycles. The molecule has 2 atom stereocenters. The minimum atomic E-state index is -0.340. The normalized spacial score (nSPS) is 27.5. The monoisotopic (exact) mass is 324 g/mol. The number of β-amino-alcohol motifs (C(OH)–C–C–N with tert-alkyl or cyclic N) is 1. The van der Waals surface area contributed by atoms with Gasteiger partial charge < -0.3 is 9.84 Å². The van der Waals surface area contributed by atoms with Crippen molar-refractivity contribution in [2.45, 2.75) is 51.5 Å². The van der Waals surface area contributed by atoms with E-state index in [2.05, 4.69) is 21.2 Å². The highest BCUT2D eigenvalue weighted by Gasteiger charge is 2.31. The second-order valence-corrected chi connectivity index (χ2v) is 7.51. The number of hydrogen-bond donors (Lipinski definition) is 1. The molecular formula is C17H28N2O2S. The molecule has 22 heavy (non-hydrogen) atoms. The number of nitrogens with zero attached hydrogens (tertiary/aromatic N) is 2. The lowest BCUT2D eigenvalue weighted by Gasteiger charge is -2.25. The molecule has 0 bridgehead atoms. The van der Waals surface area contributed by atoms with E-state index in [9.17, 15) is 5.11 Å². The predicted molar refractivity (Wildman–Crippen MR) is 90.1 cm³/mol. The van der Waals surface area contributed by atoms with Gasteiger partial charge in [-0.1, -0.05) is 6.42 Å². The van der Waals surface area contributed by atoms with Gasteiger partial charge in [-0.25, -0.2) is 0 Å². The maximum atomic E-state index is 10.0. The van der Waals surface area contributed by atoms with E-state index in [1.807, 2.05) is 18.3 Å². The van der Waals surface area contributed by atoms with Crippen molar-refractivity contribution in [1.29, 1.82) is 0 Å². The zero-order valence-corrected chi connectivity index (χ0v) is 14.4. The van der Waals surface area contributed by atoms with Crippen molar-refractivity contribution in [2.24, 2.45) is 0 Å². The molecule has 0 spiro atoms. The van der Waals surface area contributed by atoms with Crippen LogP contribution in [0.1, 0.15) is 36.6 Å². The lowest BCUT2D eigenvalue weighted by atomic mass is 10.1. The predicted octanol–water partition coefficient (Wildman–Crippen LogP) is 2.32. The van der Waals surface area contributed by atoms with Crippen LogP contribution in [0.25, 0.3) is 0 Å². The molecule has 0 radical (unpaired) electrons. The third kappa shape index (κ3) is 4.30. The molecule has 3 heterocycles. The van der Waals surface area contributed by atoms with Gasteiger partial charge in [0.05, 0.1) is 12.2 Å². The Morgan fingerprint density at radius 3 is 2.77 bits per heavy atom. The van der Waals surface area contributed by atoms with E-state index >= 15 is 0 Å². The number of piperidine rings is 1. The second kappa shape index (κ2) is 7.88. The van der Waals surface area contributed by atoms with Gasteiger partial charge >= 0.3 is 0 Å². The van der Waals surface area contributed by atoms with E-state index < -0.39 is 0 Å². The molecular weight excluding hydrogens is 296 g/mol. The van der Waals surface area contributed by atoms with Crippen molar-refractivity contribution in [1.82, 2.24) is 9.80 Å². The van der Waals surface area contributed by atoms with Crippen LogP contribution in [0.15, 0.2) is 11.4 Å². The molecule has 1 aromatic rings. The third-order valence-corrected chi connectivity index (χ3v) is 5.61. The summed E-state index contributed by atoms with van der Waals surface area (Å²) < 4.78 is 5.59. The van der Waals surface area contributed by atoms with Crippen molar-refractivity contribution in [3.63, 3.8) is 0 Å². The molecule has 3 rings (SSSR count). The quantitative estimate of drug-likeness (QED) is 0.871. The molecule has 1 aromatic heterocycles. The fraction of sp³-hybridized carbons (Fsp3) is 0.765. The van der Waals surface area contributed by atoms with Crippen LogP contribution >= 0.6 is 11.3 Å². The summed E-state index contributed by atoms with van der Waals surface area (Å²) in [5, 5.41) is 12.3. The van der Waals surface area contributed by atoms with Crippen molar-refractivity contribution in [3.8, 4) is 0 Å². The minimum Gasteiger partial charge on any atom is -0.389 e. The van der Waals surface area contributed by atoms with Crippen LogP contribution in [0.4, 0.5) is 0 Å². The Kier molecular flexibility index (Phi) is 5.88. The highest BCUT2D eigenvalue weighted by atomic mass is 32.1. The Morgan fingerprint density at radius 2 is 2.00 bits per heavy atom. The molecule has 2 fully saturated rings. The largest absolute Gasteiger partial charge is 0.389 e. The minimum absolute atomic E-state index is 0.0159. The first kappa shape index (κ1) is 16.4. The van der Waals surface area contributed by atoms with Crippen LogP contribution in [-0.2, 0) is 17.8 Å². The maximum absolute atomic E-state index is 10.0. The van der Waals surface area contributed by atoms with E-state index in [0.29, 0.717) is 6.61 Å². The number of aliphatic hydroxyl groups is 1. The number of ether oxygens (including phenoxy) is 1. The molecule has 0 aliphatic carbocycles. The second-order valence-electron chi connectivity index (χ2n) is 6.51. The van der Waals surface area contributed by atoms with Crippen molar-refractivity contribution < 1.29 is 9.84 Å². The first-order valence-corrected chi connectivity index (χ1v) is 9.43. The molecule has 124 valence electrons. The Bertz CT molecular complexity index is 459. The molecule has 5 heteroatoms. The summed E-state index contributed by atoms with van der Waals surface area (Å²) in [6, 6.07) is 2.35. The Hall–Kier alpha value is -0.460. The van der Waals surface area contributed by atoms with Gasteiger partial charge in [0.25, 0.3) is 0 Å². The number of rotatable bonds is 6. The molecule has 2 saturated heterocycles. The summed E-state index contributed by atoms with van der Waals surface area (Å²) in [7, 11) is 0. The number of likely N-dealkylation sites (tertiary alicyclic amines) is 2. The van der Waals surface area contributed by atoms with Crippen LogP contribution in [-0.4, -0.2) is 59.9 Å². The van der Waals surface area contributed by atoms with Crippen LogP contribution in [0, 0.1) is 0 Å². The van der Waals surface area contributed by atoms with Gasteiger partial charge in [0.15, 0.2) is 0 Å². The van der Waals surface area contributed by atoms with Crippen LogP contribution in [0.2, 0.25) is 0 Å². The molecule has 2 aliphatic rings. The topological polar surface area (TPSA) is 35.9 Å².